The Kier molecular flexibility index (Phi) is 4.78. The van der Waals surface area contributed by atoms with E-state index >= 15 is 0 Å². The first kappa shape index (κ1) is 15.0. The molecule has 0 amide bonds. The molecule has 18 heavy (non-hydrogen) atoms. The van der Waals surface area contributed by atoms with Crippen molar-refractivity contribution in [2.24, 2.45) is 5.11 Å². The summed E-state index contributed by atoms with van der Waals surface area (Å²) in [6.45, 7) is 6.04. The fourth-order valence-electron chi connectivity index (χ4n) is 2.46. The molecular formula is C11H21N3O3Si. The number of nitrogens with zero attached hydrogens (tertiary/aromatic N) is 3. The van der Waals surface area contributed by atoms with Crippen LogP contribution in [-0.2, 0) is 14.0 Å². The Hall–Kier alpha value is -1.04. The van der Waals surface area contributed by atoms with Crippen molar-refractivity contribution in [1.29, 1.82) is 0 Å². The van der Waals surface area contributed by atoms with Crippen molar-refractivity contribution in [3.05, 3.63) is 10.4 Å². The summed E-state index contributed by atoms with van der Waals surface area (Å²) in [6.07, 6.45) is 3.06. The Morgan fingerprint density at radius 1 is 1.44 bits per heavy atom. The molecule has 102 valence electrons. The van der Waals surface area contributed by atoms with E-state index in [1.807, 2.05) is 19.6 Å². The van der Waals surface area contributed by atoms with E-state index in [1.54, 1.807) is 0 Å². The number of esters is 1. The van der Waals surface area contributed by atoms with E-state index in [0.29, 0.717) is 12.8 Å². The summed E-state index contributed by atoms with van der Waals surface area (Å²) < 4.78 is 11.0. The van der Waals surface area contributed by atoms with Crippen LogP contribution in [0.25, 0.3) is 10.4 Å². The zero-order valence-corrected chi connectivity index (χ0v) is 12.5. The molecule has 0 aromatic rings. The Morgan fingerprint density at radius 3 is 2.61 bits per heavy atom. The zero-order valence-electron chi connectivity index (χ0n) is 11.5. The van der Waals surface area contributed by atoms with Crippen LogP contribution in [0.3, 0.4) is 0 Å². The number of carbonyl (C=O) groups is 1. The van der Waals surface area contributed by atoms with Crippen LogP contribution in [0, 0.1) is 0 Å². The summed E-state index contributed by atoms with van der Waals surface area (Å²) in [4.78, 5) is 15.0. The minimum atomic E-state index is -1.95. The maximum Gasteiger partial charge on any atom is 0.337 e. The molecule has 7 heteroatoms. The zero-order chi connectivity index (χ0) is 13.8. The molecule has 6 nitrogen and oxygen atoms in total. The van der Waals surface area contributed by atoms with Gasteiger partial charge in [-0.3, -0.25) is 0 Å². The first-order valence-electron chi connectivity index (χ1n) is 6.18. The highest BCUT2D eigenvalue weighted by molar-refractivity contribution is 6.70. The third-order valence-corrected chi connectivity index (χ3v) is 4.00. The minimum Gasteiger partial charge on any atom is -0.467 e. The van der Waals surface area contributed by atoms with Gasteiger partial charge >= 0.3 is 5.97 Å². The maximum atomic E-state index is 12.1. The van der Waals surface area contributed by atoms with E-state index in [9.17, 15) is 4.79 Å². The average molecular weight is 271 g/mol. The second-order valence-corrected chi connectivity index (χ2v) is 9.99. The Bertz CT molecular complexity index is 363. The van der Waals surface area contributed by atoms with Gasteiger partial charge in [-0.2, -0.15) is 0 Å². The predicted octanol–water partition coefficient (Wildman–Crippen LogP) is 3.00. The molecule has 0 aromatic heterocycles. The van der Waals surface area contributed by atoms with Crippen LogP contribution in [0.2, 0.25) is 19.6 Å². The second-order valence-electron chi connectivity index (χ2n) is 5.56. The first-order valence-corrected chi connectivity index (χ1v) is 9.59. The quantitative estimate of drug-likeness (QED) is 0.259. The van der Waals surface area contributed by atoms with Crippen LogP contribution in [0.4, 0.5) is 0 Å². The van der Waals surface area contributed by atoms with Crippen molar-refractivity contribution in [3.8, 4) is 0 Å². The first-order chi connectivity index (χ1) is 8.35. The number of azide groups is 1. The fourth-order valence-corrected chi connectivity index (χ4v) is 3.87. The molecule has 0 bridgehead atoms. The highest BCUT2D eigenvalue weighted by Gasteiger charge is 2.51. The van der Waals surface area contributed by atoms with Gasteiger partial charge in [-0.25, -0.2) is 4.79 Å². The van der Waals surface area contributed by atoms with Gasteiger partial charge in [-0.1, -0.05) is 11.5 Å². The van der Waals surface area contributed by atoms with Crippen LogP contribution in [0.1, 0.15) is 25.7 Å². The van der Waals surface area contributed by atoms with Crippen LogP contribution in [0.5, 0.6) is 0 Å². The molecule has 2 atom stereocenters. The average Bonchev–Trinajstić information content (AvgIpc) is 2.29. The molecule has 0 aliphatic heterocycles. The van der Waals surface area contributed by atoms with E-state index < -0.39 is 25.9 Å². The molecule has 1 aliphatic rings. The SMILES string of the molecule is COC(=O)[C@]1(O[Si](C)(C)C)CCCC[C@@H]1N=[N+]=[N-]. The van der Waals surface area contributed by atoms with E-state index in [2.05, 4.69) is 10.0 Å². The number of hydrogen-bond acceptors (Lipinski definition) is 4. The highest BCUT2D eigenvalue weighted by atomic mass is 28.4. The molecule has 0 aromatic carbocycles. The van der Waals surface area contributed by atoms with Crippen LogP contribution in [-0.4, -0.2) is 33.0 Å². The molecule has 0 spiro atoms. The summed E-state index contributed by atoms with van der Waals surface area (Å²) >= 11 is 0. The molecule has 1 aliphatic carbocycles. The highest BCUT2D eigenvalue weighted by Crippen LogP contribution is 2.37. The van der Waals surface area contributed by atoms with Gasteiger partial charge in [-0.05, 0) is 44.4 Å². The standard InChI is InChI=1S/C11H21N3O3Si/c1-16-10(15)11(17-18(2,3)4)8-6-5-7-9(11)13-14-12/h9H,5-8H2,1-4H3/t9-,11-/m0/s1. The largest absolute Gasteiger partial charge is 0.467 e. The topological polar surface area (TPSA) is 84.3 Å². The summed E-state index contributed by atoms with van der Waals surface area (Å²) in [6, 6.07) is -0.463. The maximum absolute atomic E-state index is 12.1. The molecule has 0 saturated heterocycles. The Balaban J connectivity index is 3.14. The summed E-state index contributed by atoms with van der Waals surface area (Å²) in [5, 5.41) is 3.77. The van der Waals surface area contributed by atoms with Crippen molar-refractivity contribution < 1.29 is 14.0 Å². The summed E-state index contributed by atoms with van der Waals surface area (Å²) in [5.41, 5.74) is 7.59. The summed E-state index contributed by atoms with van der Waals surface area (Å²) in [5.74, 6) is -0.415. The van der Waals surface area contributed by atoms with Crippen molar-refractivity contribution >= 4 is 14.3 Å². The van der Waals surface area contributed by atoms with Crippen molar-refractivity contribution in [2.75, 3.05) is 7.11 Å². The van der Waals surface area contributed by atoms with E-state index in [0.717, 1.165) is 12.8 Å². The van der Waals surface area contributed by atoms with Crippen molar-refractivity contribution in [1.82, 2.24) is 0 Å². The smallest absolute Gasteiger partial charge is 0.337 e. The molecular weight excluding hydrogens is 250 g/mol. The third-order valence-electron chi connectivity index (χ3n) is 3.02. The van der Waals surface area contributed by atoms with Gasteiger partial charge in [-0.15, -0.1) is 0 Å². The molecule has 1 rings (SSSR count). The lowest BCUT2D eigenvalue weighted by Gasteiger charge is -2.43. The van der Waals surface area contributed by atoms with E-state index in [-0.39, 0.29) is 0 Å². The van der Waals surface area contributed by atoms with E-state index in [4.69, 9.17) is 14.7 Å². The lowest BCUT2D eigenvalue weighted by molar-refractivity contribution is -0.165. The molecule has 1 fully saturated rings. The molecule has 0 radical (unpaired) electrons. The van der Waals surface area contributed by atoms with Crippen LogP contribution >= 0.6 is 0 Å². The lowest BCUT2D eigenvalue weighted by Crippen LogP contribution is -2.57. The molecule has 0 N–H and O–H groups in total. The molecule has 0 unspecified atom stereocenters. The van der Waals surface area contributed by atoms with Gasteiger partial charge in [0.2, 0.25) is 0 Å². The van der Waals surface area contributed by atoms with Gasteiger partial charge in [0.25, 0.3) is 0 Å². The predicted molar refractivity (Wildman–Crippen MR) is 70.6 cm³/mol. The number of rotatable bonds is 4. The number of hydrogen-bond donors (Lipinski definition) is 0. The van der Waals surface area contributed by atoms with Gasteiger partial charge in [0.15, 0.2) is 13.9 Å². The number of carbonyl (C=O) groups excluding carboxylic acids is 1. The fraction of sp³-hybridized carbons (Fsp3) is 0.909. The van der Waals surface area contributed by atoms with Crippen LogP contribution < -0.4 is 0 Å². The van der Waals surface area contributed by atoms with E-state index in [1.165, 1.54) is 7.11 Å². The molecule has 1 saturated carbocycles. The lowest BCUT2D eigenvalue weighted by atomic mass is 9.81. The molecule has 0 heterocycles. The number of methoxy groups -OCH3 is 1. The monoisotopic (exact) mass is 271 g/mol. The van der Waals surface area contributed by atoms with Gasteiger partial charge in [0.1, 0.15) is 0 Å². The van der Waals surface area contributed by atoms with Crippen molar-refractivity contribution in [3.63, 3.8) is 0 Å². The summed E-state index contributed by atoms with van der Waals surface area (Å²) in [7, 11) is -0.604. The van der Waals surface area contributed by atoms with Gasteiger partial charge in [0, 0.05) is 4.91 Å². The Labute approximate surface area is 108 Å². The van der Waals surface area contributed by atoms with Crippen LogP contribution in [0.15, 0.2) is 5.11 Å². The minimum absolute atomic E-state index is 0.415. The normalized spacial score (nSPS) is 28.3. The number of ether oxygens (including phenoxy) is 1. The third kappa shape index (κ3) is 3.25. The second kappa shape index (κ2) is 5.73. The Morgan fingerprint density at radius 2 is 2.11 bits per heavy atom. The van der Waals surface area contributed by atoms with Crippen molar-refractivity contribution in [2.45, 2.75) is 57.0 Å². The van der Waals surface area contributed by atoms with Gasteiger partial charge in [0.05, 0.1) is 13.2 Å². The van der Waals surface area contributed by atoms with Gasteiger partial charge < -0.3 is 9.16 Å².